The molecule has 0 unspecified atom stereocenters. The van der Waals surface area contributed by atoms with Gasteiger partial charge in [0.05, 0.1) is 22.1 Å². The first kappa shape index (κ1) is 23.0. The van der Waals surface area contributed by atoms with Crippen LogP contribution in [-0.2, 0) is 0 Å². The molecule has 196 valence electrons. The molecule has 0 fully saturated rings. The third-order valence-electron chi connectivity index (χ3n) is 8.37. The largest absolute Gasteiger partial charge is 0.309 e. The van der Waals surface area contributed by atoms with E-state index in [4.69, 9.17) is 4.98 Å². The van der Waals surface area contributed by atoms with Gasteiger partial charge in [-0.15, -0.1) is 0 Å². The summed E-state index contributed by atoms with van der Waals surface area (Å²) in [5.74, 6) is 1.56. The molecule has 3 aromatic heterocycles. The number of hydrogen-bond donors (Lipinski definition) is 0. The molecule has 4 nitrogen and oxygen atoms in total. The van der Waals surface area contributed by atoms with Gasteiger partial charge in [0.2, 0.25) is 0 Å². The number of para-hydroxylation sites is 3. The van der Waals surface area contributed by atoms with Crippen LogP contribution >= 0.6 is 0 Å². The lowest BCUT2D eigenvalue weighted by atomic mass is 10.0. The lowest BCUT2D eigenvalue weighted by Crippen LogP contribution is -2.01. The molecule has 4 heteroatoms. The van der Waals surface area contributed by atoms with Crippen molar-refractivity contribution in [2.24, 2.45) is 0 Å². The van der Waals surface area contributed by atoms with Gasteiger partial charge in [0.25, 0.3) is 0 Å². The number of aromatic nitrogens is 4. The third kappa shape index (κ3) is 3.23. The van der Waals surface area contributed by atoms with Crippen molar-refractivity contribution >= 4 is 54.4 Å². The van der Waals surface area contributed by atoms with Crippen LogP contribution in [0.5, 0.6) is 0 Å². The summed E-state index contributed by atoms with van der Waals surface area (Å²) >= 11 is 0. The molecule has 0 atom stereocenters. The van der Waals surface area contributed by atoms with Crippen LogP contribution in [0.1, 0.15) is 0 Å². The molecule has 9 rings (SSSR count). The number of hydrogen-bond acceptors (Lipinski definition) is 2. The predicted molar refractivity (Wildman–Crippen MR) is 174 cm³/mol. The number of rotatable bonds is 3. The molecule has 0 spiro atoms. The van der Waals surface area contributed by atoms with Crippen LogP contribution in [-0.4, -0.2) is 19.1 Å². The summed E-state index contributed by atoms with van der Waals surface area (Å²) in [6.45, 7) is 0. The maximum absolute atomic E-state index is 5.14. The van der Waals surface area contributed by atoms with Gasteiger partial charge in [-0.3, -0.25) is 4.57 Å². The van der Waals surface area contributed by atoms with Crippen molar-refractivity contribution in [2.75, 3.05) is 0 Å². The van der Waals surface area contributed by atoms with E-state index in [2.05, 4.69) is 129 Å². The van der Waals surface area contributed by atoms with Crippen molar-refractivity contribution in [3.63, 3.8) is 0 Å². The summed E-state index contributed by atoms with van der Waals surface area (Å²) in [6, 6.07) is 49.3. The van der Waals surface area contributed by atoms with Gasteiger partial charge in [-0.05, 0) is 35.7 Å². The van der Waals surface area contributed by atoms with E-state index in [0.717, 1.165) is 28.1 Å². The predicted octanol–water partition coefficient (Wildman–Crippen LogP) is 9.49. The van der Waals surface area contributed by atoms with E-state index in [1.807, 2.05) is 30.5 Å². The van der Waals surface area contributed by atoms with E-state index in [1.54, 1.807) is 0 Å². The Kier molecular flexibility index (Phi) is 4.87. The molecule has 9 aromatic rings. The molecule has 0 N–H and O–H groups in total. The smallest absolute Gasteiger partial charge is 0.161 e. The summed E-state index contributed by atoms with van der Waals surface area (Å²) in [6.07, 6.45) is 1.87. The van der Waals surface area contributed by atoms with E-state index in [9.17, 15) is 0 Å². The minimum absolute atomic E-state index is 0.711. The molecule has 3 heterocycles. The van der Waals surface area contributed by atoms with Crippen molar-refractivity contribution in [1.82, 2.24) is 19.1 Å². The standard InChI is InChI=1S/C38H24N4/c1-3-11-26(12-4-1)38-39-24-23-34(40-38)42-33-18-10-8-16-29(33)31-22-20-25-19-21-30-28-15-7-9-17-32(28)41(27-13-5-2-6-14-27)36(30)35(25)37(31)42/h1-24H. The molecule has 0 bridgehead atoms. The van der Waals surface area contributed by atoms with Crippen LogP contribution in [0.15, 0.2) is 146 Å². The van der Waals surface area contributed by atoms with Crippen molar-refractivity contribution < 1.29 is 0 Å². The molecule has 0 aliphatic carbocycles. The van der Waals surface area contributed by atoms with E-state index in [-0.39, 0.29) is 0 Å². The molecule has 0 saturated heterocycles. The quantitative estimate of drug-likeness (QED) is 0.225. The van der Waals surface area contributed by atoms with Crippen LogP contribution in [0.4, 0.5) is 0 Å². The average Bonchev–Trinajstić information content (AvgIpc) is 3.59. The Hall–Kier alpha value is -5.74. The highest BCUT2D eigenvalue weighted by molar-refractivity contribution is 6.28. The fraction of sp³-hybridized carbons (Fsp3) is 0. The molecular weight excluding hydrogens is 512 g/mol. The average molecular weight is 537 g/mol. The highest BCUT2D eigenvalue weighted by Crippen LogP contribution is 2.42. The Morgan fingerprint density at radius 2 is 1.02 bits per heavy atom. The van der Waals surface area contributed by atoms with Crippen molar-refractivity contribution in [3.05, 3.63) is 146 Å². The van der Waals surface area contributed by atoms with Crippen molar-refractivity contribution in [1.29, 1.82) is 0 Å². The molecule has 0 radical (unpaired) electrons. The molecule has 42 heavy (non-hydrogen) atoms. The Morgan fingerprint density at radius 1 is 0.452 bits per heavy atom. The van der Waals surface area contributed by atoms with Gasteiger partial charge in [-0.25, -0.2) is 9.97 Å². The highest BCUT2D eigenvalue weighted by atomic mass is 15.1. The summed E-state index contributed by atoms with van der Waals surface area (Å²) in [5.41, 5.74) is 6.81. The Balaban J connectivity index is 1.51. The summed E-state index contributed by atoms with van der Waals surface area (Å²) in [4.78, 5) is 9.79. The third-order valence-corrected chi connectivity index (χ3v) is 8.37. The van der Waals surface area contributed by atoms with Crippen LogP contribution in [0, 0.1) is 0 Å². The molecule has 6 aromatic carbocycles. The topological polar surface area (TPSA) is 35.6 Å². The second-order valence-electron chi connectivity index (χ2n) is 10.7. The molecular formula is C38H24N4. The van der Waals surface area contributed by atoms with Crippen LogP contribution in [0.3, 0.4) is 0 Å². The van der Waals surface area contributed by atoms with E-state index in [1.165, 1.54) is 43.4 Å². The molecule has 0 amide bonds. The zero-order valence-corrected chi connectivity index (χ0v) is 22.6. The van der Waals surface area contributed by atoms with Crippen LogP contribution in [0.2, 0.25) is 0 Å². The lowest BCUT2D eigenvalue weighted by molar-refractivity contribution is 1.05. The second kappa shape index (κ2) is 8.88. The minimum Gasteiger partial charge on any atom is -0.309 e. The van der Waals surface area contributed by atoms with Crippen molar-refractivity contribution in [2.45, 2.75) is 0 Å². The number of benzene rings is 6. The fourth-order valence-electron chi connectivity index (χ4n) is 6.60. The second-order valence-corrected chi connectivity index (χ2v) is 10.7. The highest BCUT2D eigenvalue weighted by Gasteiger charge is 2.21. The zero-order chi connectivity index (χ0) is 27.6. The van der Waals surface area contributed by atoms with Gasteiger partial charge < -0.3 is 4.57 Å². The molecule has 0 aliphatic rings. The Morgan fingerprint density at radius 3 is 1.71 bits per heavy atom. The summed E-state index contributed by atoms with van der Waals surface area (Å²) in [7, 11) is 0. The van der Waals surface area contributed by atoms with Gasteiger partial charge in [0.1, 0.15) is 5.82 Å². The first-order valence-electron chi connectivity index (χ1n) is 14.2. The Labute approximate surface area is 241 Å². The summed E-state index contributed by atoms with van der Waals surface area (Å²) < 4.78 is 4.75. The fourth-order valence-corrected chi connectivity index (χ4v) is 6.60. The SMILES string of the molecule is c1ccc(-c2nccc(-n3c4ccccc4c4ccc5ccc6c7ccccc7n(-c7ccccc7)c6c5c43)n2)cc1. The van der Waals surface area contributed by atoms with Gasteiger partial charge in [-0.2, -0.15) is 0 Å². The zero-order valence-electron chi connectivity index (χ0n) is 22.6. The van der Waals surface area contributed by atoms with Gasteiger partial charge in [0.15, 0.2) is 5.82 Å². The molecule has 0 saturated carbocycles. The number of fused-ring (bicyclic) bond motifs is 9. The van der Waals surface area contributed by atoms with Gasteiger partial charge in [-0.1, -0.05) is 109 Å². The van der Waals surface area contributed by atoms with E-state index >= 15 is 0 Å². The van der Waals surface area contributed by atoms with E-state index in [0.29, 0.717) is 5.82 Å². The monoisotopic (exact) mass is 536 g/mol. The normalized spacial score (nSPS) is 11.8. The van der Waals surface area contributed by atoms with E-state index < -0.39 is 0 Å². The number of nitrogens with zero attached hydrogens (tertiary/aromatic N) is 4. The first-order valence-corrected chi connectivity index (χ1v) is 14.2. The van der Waals surface area contributed by atoms with Gasteiger partial charge >= 0.3 is 0 Å². The van der Waals surface area contributed by atoms with Crippen LogP contribution in [0.25, 0.3) is 77.3 Å². The molecule has 0 aliphatic heterocycles. The maximum atomic E-state index is 5.14. The minimum atomic E-state index is 0.711. The van der Waals surface area contributed by atoms with Crippen LogP contribution < -0.4 is 0 Å². The lowest BCUT2D eigenvalue weighted by Gasteiger charge is -2.13. The maximum Gasteiger partial charge on any atom is 0.161 e. The Bertz CT molecular complexity index is 2450. The van der Waals surface area contributed by atoms with Crippen molar-refractivity contribution in [3.8, 4) is 22.9 Å². The van der Waals surface area contributed by atoms with Gasteiger partial charge in [0, 0.05) is 44.4 Å². The first-order chi connectivity index (χ1) is 20.9. The summed E-state index contributed by atoms with van der Waals surface area (Å²) in [5, 5.41) is 7.28.